The van der Waals surface area contributed by atoms with Crippen LogP contribution in [0.5, 0.6) is 0 Å². The molecule has 2 atom stereocenters. The van der Waals surface area contributed by atoms with Gasteiger partial charge >= 0.3 is 0 Å². The molecule has 1 aromatic rings. The van der Waals surface area contributed by atoms with Gasteiger partial charge in [-0.15, -0.1) is 0 Å². The number of aromatic amines is 1. The Labute approximate surface area is 219 Å². The van der Waals surface area contributed by atoms with Crippen molar-refractivity contribution in [1.82, 2.24) is 10.2 Å². The van der Waals surface area contributed by atoms with E-state index in [9.17, 15) is 4.79 Å². The summed E-state index contributed by atoms with van der Waals surface area (Å²) < 4.78 is 0. The highest BCUT2D eigenvalue weighted by molar-refractivity contribution is 9.09. The average Bonchev–Trinajstić information content (AvgIpc) is 2.85. The maximum absolute atomic E-state index is 11.7. The van der Waals surface area contributed by atoms with Gasteiger partial charge in [-0.05, 0) is 37.7 Å². The molecule has 1 rings (SSSR count). The zero-order valence-electron chi connectivity index (χ0n) is 22.8. The van der Waals surface area contributed by atoms with Crippen LogP contribution in [-0.2, 0) is 5.41 Å². The second kappa shape index (κ2) is 20.5. The van der Waals surface area contributed by atoms with Crippen molar-refractivity contribution in [2.75, 3.05) is 5.33 Å². The second-order valence-electron chi connectivity index (χ2n) is 10.6. The standard InChI is InChI=1S/C30H55BrN2O/c1-4-7-9-10-11-12-13-14-15-18-24-30(6-3,28-22-23-29(34)33-32-28)26-27(20-8-5-2)21-17-16-19-25-31/h22-23,27H,4-21,24-26H2,1-3H3,(H,33,34). The highest BCUT2D eigenvalue weighted by Crippen LogP contribution is 2.41. The minimum atomic E-state index is -0.0926. The minimum Gasteiger partial charge on any atom is -0.268 e. The third-order valence-electron chi connectivity index (χ3n) is 7.80. The Hall–Kier alpha value is -0.640. The largest absolute Gasteiger partial charge is 0.268 e. The molecule has 34 heavy (non-hydrogen) atoms. The minimum absolute atomic E-state index is 0.0926. The number of rotatable bonds is 23. The third kappa shape index (κ3) is 13.4. The van der Waals surface area contributed by atoms with Gasteiger partial charge in [-0.2, -0.15) is 5.10 Å². The van der Waals surface area contributed by atoms with Crippen LogP contribution in [0, 0.1) is 5.92 Å². The molecular formula is C30H55BrN2O. The van der Waals surface area contributed by atoms with Crippen molar-refractivity contribution in [1.29, 1.82) is 0 Å². The van der Waals surface area contributed by atoms with Crippen LogP contribution in [0.1, 0.15) is 155 Å². The van der Waals surface area contributed by atoms with Crippen LogP contribution in [0.25, 0.3) is 0 Å². The number of alkyl halides is 1. The molecule has 198 valence electrons. The first-order chi connectivity index (χ1) is 16.6. The highest BCUT2D eigenvalue weighted by Gasteiger charge is 2.34. The molecule has 0 aromatic carbocycles. The average molecular weight is 540 g/mol. The summed E-state index contributed by atoms with van der Waals surface area (Å²) in [6.45, 7) is 6.93. The Balaban J connectivity index is 2.71. The van der Waals surface area contributed by atoms with Crippen LogP contribution in [0.3, 0.4) is 0 Å². The third-order valence-corrected chi connectivity index (χ3v) is 8.36. The predicted octanol–water partition coefficient (Wildman–Crippen LogP) is 9.88. The summed E-state index contributed by atoms with van der Waals surface area (Å²) in [5.74, 6) is 0.757. The van der Waals surface area contributed by atoms with Crippen molar-refractivity contribution < 1.29 is 0 Å². The summed E-state index contributed by atoms with van der Waals surface area (Å²) in [4.78, 5) is 11.7. The van der Waals surface area contributed by atoms with Gasteiger partial charge in [-0.1, -0.05) is 139 Å². The molecule has 1 aromatic heterocycles. The molecule has 0 aliphatic heterocycles. The Bertz CT molecular complexity index is 626. The van der Waals surface area contributed by atoms with Gasteiger partial charge in [-0.3, -0.25) is 4.79 Å². The number of H-pyrrole nitrogens is 1. The smallest absolute Gasteiger partial charge is 0.264 e. The Morgan fingerprint density at radius 1 is 0.794 bits per heavy atom. The highest BCUT2D eigenvalue weighted by atomic mass is 79.9. The van der Waals surface area contributed by atoms with E-state index in [0.717, 1.165) is 23.4 Å². The molecule has 1 heterocycles. The van der Waals surface area contributed by atoms with Crippen LogP contribution in [0.2, 0.25) is 0 Å². The fraction of sp³-hybridized carbons (Fsp3) is 0.867. The lowest BCUT2D eigenvalue weighted by Crippen LogP contribution is -2.31. The van der Waals surface area contributed by atoms with E-state index in [1.54, 1.807) is 6.07 Å². The summed E-state index contributed by atoms with van der Waals surface area (Å²) in [7, 11) is 0. The maximum atomic E-state index is 11.7. The van der Waals surface area contributed by atoms with E-state index in [4.69, 9.17) is 0 Å². The van der Waals surface area contributed by atoms with E-state index in [1.807, 2.05) is 6.07 Å². The number of hydrogen-bond donors (Lipinski definition) is 1. The zero-order valence-corrected chi connectivity index (χ0v) is 24.4. The molecule has 0 saturated carbocycles. The molecule has 1 N–H and O–H groups in total. The lowest BCUT2D eigenvalue weighted by Gasteiger charge is -2.36. The van der Waals surface area contributed by atoms with Crippen LogP contribution in [-0.4, -0.2) is 15.5 Å². The summed E-state index contributed by atoms with van der Waals surface area (Å²) >= 11 is 3.58. The number of nitrogens with one attached hydrogen (secondary N) is 1. The molecule has 0 bridgehead atoms. The number of aromatic nitrogens is 2. The van der Waals surface area contributed by atoms with Gasteiger partial charge < -0.3 is 0 Å². The van der Waals surface area contributed by atoms with E-state index < -0.39 is 0 Å². The summed E-state index contributed by atoms with van der Waals surface area (Å²) in [5.41, 5.74) is 1.12. The quantitative estimate of drug-likeness (QED) is 0.111. The summed E-state index contributed by atoms with van der Waals surface area (Å²) in [6.07, 6.45) is 26.4. The topological polar surface area (TPSA) is 45.8 Å². The number of unbranched alkanes of at least 4 members (excludes halogenated alkanes) is 12. The van der Waals surface area contributed by atoms with Crippen molar-refractivity contribution in [3.63, 3.8) is 0 Å². The van der Waals surface area contributed by atoms with Crippen LogP contribution >= 0.6 is 15.9 Å². The van der Waals surface area contributed by atoms with Crippen molar-refractivity contribution in [2.45, 2.75) is 155 Å². The molecule has 0 aliphatic carbocycles. The van der Waals surface area contributed by atoms with Gasteiger partial charge in [0, 0.05) is 16.8 Å². The van der Waals surface area contributed by atoms with Crippen molar-refractivity contribution >= 4 is 15.9 Å². The van der Waals surface area contributed by atoms with Crippen molar-refractivity contribution in [2.24, 2.45) is 5.92 Å². The molecule has 0 spiro atoms. The van der Waals surface area contributed by atoms with E-state index in [-0.39, 0.29) is 11.0 Å². The molecule has 3 nitrogen and oxygen atoms in total. The normalized spacial score (nSPS) is 14.2. The number of halogens is 1. The lowest BCUT2D eigenvalue weighted by atomic mass is 9.69. The molecule has 2 unspecified atom stereocenters. The molecule has 4 heteroatoms. The first-order valence-corrected chi connectivity index (χ1v) is 15.9. The van der Waals surface area contributed by atoms with Gasteiger partial charge in [-0.25, -0.2) is 5.10 Å². The molecule has 0 saturated heterocycles. The van der Waals surface area contributed by atoms with Gasteiger partial charge in [0.25, 0.3) is 5.56 Å². The Morgan fingerprint density at radius 3 is 1.94 bits per heavy atom. The zero-order chi connectivity index (χ0) is 24.9. The molecule has 0 aliphatic rings. The second-order valence-corrected chi connectivity index (χ2v) is 11.4. The van der Waals surface area contributed by atoms with Gasteiger partial charge in [0.05, 0.1) is 5.69 Å². The van der Waals surface area contributed by atoms with Crippen LogP contribution in [0.4, 0.5) is 0 Å². The number of nitrogens with zero attached hydrogens (tertiary/aromatic N) is 1. The first kappa shape index (κ1) is 31.4. The molecule has 0 fully saturated rings. The fourth-order valence-electron chi connectivity index (χ4n) is 5.53. The fourth-order valence-corrected chi connectivity index (χ4v) is 5.92. The Morgan fingerprint density at radius 2 is 1.38 bits per heavy atom. The molecule has 0 amide bonds. The van der Waals surface area contributed by atoms with Gasteiger partial charge in [0.15, 0.2) is 0 Å². The Kier molecular flexibility index (Phi) is 19.0. The maximum Gasteiger partial charge on any atom is 0.264 e. The van der Waals surface area contributed by atoms with E-state index in [0.29, 0.717) is 0 Å². The molecular weight excluding hydrogens is 484 g/mol. The monoisotopic (exact) mass is 538 g/mol. The molecule has 0 radical (unpaired) electrons. The van der Waals surface area contributed by atoms with E-state index in [2.05, 4.69) is 46.9 Å². The summed E-state index contributed by atoms with van der Waals surface area (Å²) in [6, 6.07) is 3.70. The summed E-state index contributed by atoms with van der Waals surface area (Å²) in [5, 5.41) is 8.45. The number of hydrogen-bond acceptors (Lipinski definition) is 2. The first-order valence-electron chi connectivity index (χ1n) is 14.7. The van der Waals surface area contributed by atoms with Crippen LogP contribution in [0.15, 0.2) is 16.9 Å². The van der Waals surface area contributed by atoms with Crippen molar-refractivity contribution in [3.05, 3.63) is 28.2 Å². The van der Waals surface area contributed by atoms with E-state index >= 15 is 0 Å². The van der Waals surface area contributed by atoms with Crippen molar-refractivity contribution in [3.8, 4) is 0 Å². The predicted molar refractivity (Wildman–Crippen MR) is 153 cm³/mol. The SMILES string of the molecule is CCCCCCCCCCCCC(CC)(CC(CCCC)CCCCCBr)c1ccc(=O)[nH]n1. The van der Waals surface area contributed by atoms with E-state index in [1.165, 1.54) is 122 Å². The van der Waals surface area contributed by atoms with Gasteiger partial charge in [0.1, 0.15) is 0 Å². The lowest BCUT2D eigenvalue weighted by molar-refractivity contribution is 0.243. The van der Waals surface area contributed by atoms with Gasteiger partial charge in [0.2, 0.25) is 0 Å². The van der Waals surface area contributed by atoms with Crippen LogP contribution < -0.4 is 5.56 Å².